The summed E-state index contributed by atoms with van der Waals surface area (Å²) in [5.41, 5.74) is -0.617. The van der Waals surface area contributed by atoms with Gasteiger partial charge in [0.25, 0.3) is 0 Å². The number of thiophene rings is 1. The van der Waals surface area contributed by atoms with Crippen molar-refractivity contribution in [2.24, 2.45) is 0 Å². The molecule has 0 atom stereocenters. The van der Waals surface area contributed by atoms with Gasteiger partial charge in [0.05, 0.1) is 23.7 Å². The molecule has 0 radical (unpaired) electrons. The molecule has 1 aromatic heterocycles. The molecule has 2 rings (SSSR count). The second kappa shape index (κ2) is 4.13. The quantitative estimate of drug-likeness (QED) is 0.754. The predicted molar refractivity (Wildman–Crippen MR) is 69.4 cm³/mol. The van der Waals surface area contributed by atoms with Gasteiger partial charge in [-0.05, 0) is 33.8 Å². The minimum absolute atomic E-state index is 0.308. The largest absolute Gasteiger partial charge is 0.505 e. The molecule has 1 fully saturated rings. The Bertz CT molecular complexity index is 445. The van der Waals surface area contributed by atoms with Crippen LogP contribution in [0.1, 0.15) is 32.6 Å². The standard InChI is InChI=1S/C12H16BNO2S/c1-11(2)12(3,4)16-13(15-11)10-6-5-9(17-10)7-8-14/h5-6H,7H2,1-4H3. The van der Waals surface area contributed by atoms with Crippen molar-refractivity contribution in [3.63, 3.8) is 0 Å². The van der Waals surface area contributed by atoms with Crippen molar-refractivity contribution in [2.75, 3.05) is 0 Å². The molecule has 0 aliphatic carbocycles. The van der Waals surface area contributed by atoms with Crippen molar-refractivity contribution in [2.45, 2.75) is 45.3 Å². The smallest absolute Gasteiger partial charge is 0.399 e. The molecule has 17 heavy (non-hydrogen) atoms. The Balaban J connectivity index is 2.18. The third kappa shape index (κ3) is 2.26. The number of nitriles is 1. The Labute approximate surface area is 106 Å². The average molecular weight is 249 g/mol. The summed E-state index contributed by atoms with van der Waals surface area (Å²) in [6, 6.07) is 6.10. The van der Waals surface area contributed by atoms with Gasteiger partial charge < -0.3 is 9.31 Å². The van der Waals surface area contributed by atoms with Crippen molar-refractivity contribution < 1.29 is 9.31 Å². The number of nitrogens with zero attached hydrogens (tertiary/aromatic N) is 1. The highest BCUT2D eigenvalue weighted by molar-refractivity contribution is 7.22. The maximum absolute atomic E-state index is 8.65. The number of rotatable bonds is 2. The molecule has 0 N–H and O–H groups in total. The Morgan fingerprint density at radius 1 is 1.24 bits per heavy atom. The molecule has 1 aliphatic heterocycles. The van der Waals surface area contributed by atoms with E-state index in [1.807, 2.05) is 39.8 Å². The Hall–Kier alpha value is -0.825. The Kier molecular flexibility index (Phi) is 3.07. The molecule has 0 unspecified atom stereocenters. The lowest BCUT2D eigenvalue weighted by Gasteiger charge is -2.32. The molecule has 0 spiro atoms. The van der Waals surface area contributed by atoms with E-state index < -0.39 is 0 Å². The van der Waals surface area contributed by atoms with Crippen LogP contribution < -0.4 is 4.78 Å². The molecule has 5 heteroatoms. The molecule has 1 aliphatic rings. The monoisotopic (exact) mass is 249 g/mol. The summed E-state index contributed by atoms with van der Waals surface area (Å²) in [6.07, 6.45) is 0.449. The van der Waals surface area contributed by atoms with Gasteiger partial charge in [-0.1, -0.05) is 6.07 Å². The van der Waals surface area contributed by atoms with Crippen LogP contribution in [0.2, 0.25) is 0 Å². The fraction of sp³-hybridized carbons (Fsp3) is 0.583. The maximum atomic E-state index is 8.65. The van der Waals surface area contributed by atoms with Crippen LogP contribution in [-0.4, -0.2) is 18.3 Å². The van der Waals surface area contributed by atoms with Gasteiger partial charge in [0.1, 0.15) is 0 Å². The summed E-state index contributed by atoms with van der Waals surface area (Å²) in [6.45, 7) is 8.15. The van der Waals surface area contributed by atoms with Crippen molar-refractivity contribution in [3.05, 3.63) is 17.0 Å². The van der Waals surface area contributed by atoms with E-state index in [1.54, 1.807) is 11.3 Å². The highest BCUT2D eigenvalue weighted by Gasteiger charge is 2.52. The lowest BCUT2D eigenvalue weighted by Crippen LogP contribution is -2.41. The minimum Gasteiger partial charge on any atom is -0.399 e. The second-order valence-corrected chi connectivity index (χ2v) is 6.43. The van der Waals surface area contributed by atoms with Crippen molar-refractivity contribution in [1.29, 1.82) is 5.26 Å². The van der Waals surface area contributed by atoms with Crippen LogP contribution in [-0.2, 0) is 15.7 Å². The van der Waals surface area contributed by atoms with Gasteiger partial charge >= 0.3 is 7.12 Å². The van der Waals surface area contributed by atoms with E-state index in [4.69, 9.17) is 14.6 Å². The van der Waals surface area contributed by atoms with Crippen LogP contribution in [0.4, 0.5) is 0 Å². The van der Waals surface area contributed by atoms with E-state index in [1.165, 1.54) is 0 Å². The molecule has 3 nitrogen and oxygen atoms in total. The summed E-state index contributed by atoms with van der Waals surface area (Å²) in [5, 5.41) is 8.65. The zero-order chi connectivity index (χ0) is 12.7. The molecular weight excluding hydrogens is 233 g/mol. The van der Waals surface area contributed by atoms with E-state index in [0.717, 1.165) is 9.65 Å². The van der Waals surface area contributed by atoms with Crippen LogP contribution >= 0.6 is 11.3 Å². The third-order valence-corrected chi connectivity index (χ3v) is 4.53. The molecule has 0 amide bonds. The predicted octanol–water partition coefficient (Wildman–Crippen LogP) is 2.11. The molecule has 0 aromatic carbocycles. The van der Waals surface area contributed by atoms with Gasteiger partial charge in [-0.2, -0.15) is 5.26 Å². The topological polar surface area (TPSA) is 42.2 Å². The molecule has 1 aromatic rings. The summed E-state index contributed by atoms with van der Waals surface area (Å²) in [5.74, 6) is 0. The van der Waals surface area contributed by atoms with Crippen molar-refractivity contribution >= 4 is 23.2 Å². The van der Waals surface area contributed by atoms with E-state index >= 15 is 0 Å². The van der Waals surface area contributed by atoms with Crippen LogP contribution in [0.25, 0.3) is 0 Å². The first-order chi connectivity index (χ1) is 7.86. The Morgan fingerprint density at radius 3 is 2.35 bits per heavy atom. The summed E-state index contributed by atoms with van der Waals surface area (Å²) < 4.78 is 12.9. The van der Waals surface area contributed by atoms with Crippen molar-refractivity contribution in [3.8, 4) is 6.07 Å². The second-order valence-electron chi connectivity index (χ2n) is 5.23. The van der Waals surface area contributed by atoms with Crippen LogP contribution in [0.5, 0.6) is 0 Å². The summed E-state index contributed by atoms with van der Waals surface area (Å²) in [7, 11) is -0.308. The molecule has 2 heterocycles. The van der Waals surface area contributed by atoms with Gasteiger partial charge in [0, 0.05) is 9.65 Å². The maximum Gasteiger partial charge on any atom is 0.505 e. The zero-order valence-corrected chi connectivity index (χ0v) is 11.4. The summed E-state index contributed by atoms with van der Waals surface area (Å²) in [4.78, 5) is 1.05. The highest BCUT2D eigenvalue weighted by Crippen LogP contribution is 2.36. The number of hydrogen-bond donors (Lipinski definition) is 0. The molecular formula is C12H16BNO2S. The van der Waals surface area contributed by atoms with E-state index in [0.29, 0.717) is 6.42 Å². The van der Waals surface area contributed by atoms with Crippen molar-refractivity contribution in [1.82, 2.24) is 0 Å². The zero-order valence-electron chi connectivity index (χ0n) is 10.6. The fourth-order valence-corrected chi connectivity index (χ4v) is 2.56. The average Bonchev–Trinajstić information content (AvgIpc) is 2.71. The SMILES string of the molecule is CC1(C)OB(c2ccc(CC#N)s2)OC1(C)C. The van der Waals surface area contributed by atoms with Gasteiger partial charge in [-0.25, -0.2) is 0 Å². The van der Waals surface area contributed by atoms with Gasteiger partial charge in [-0.15, -0.1) is 11.3 Å². The molecule has 90 valence electrons. The third-order valence-electron chi connectivity index (χ3n) is 3.42. The highest BCUT2D eigenvalue weighted by atomic mass is 32.1. The fourth-order valence-electron chi connectivity index (χ4n) is 1.65. The lowest BCUT2D eigenvalue weighted by molar-refractivity contribution is 0.00578. The minimum atomic E-state index is -0.308. The van der Waals surface area contributed by atoms with Crippen LogP contribution in [0, 0.1) is 11.3 Å². The number of hydrogen-bond acceptors (Lipinski definition) is 4. The van der Waals surface area contributed by atoms with Gasteiger partial charge in [0.15, 0.2) is 0 Å². The van der Waals surface area contributed by atoms with Crippen LogP contribution in [0.15, 0.2) is 12.1 Å². The molecule has 0 saturated carbocycles. The van der Waals surface area contributed by atoms with E-state index in [9.17, 15) is 0 Å². The van der Waals surface area contributed by atoms with E-state index in [-0.39, 0.29) is 18.3 Å². The molecule has 1 saturated heterocycles. The van der Waals surface area contributed by atoms with E-state index in [2.05, 4.69) is 6.07 Å². The first kappa shape index (κ1) is 12.6. The normalized spacial score (nSPS) is 21.5. The van der Waals surface area contributed by atoms with Gasteiger partial charge in [-0.3, -0.25) is 0 Å². The van der Waals surface area contributed by atoms with Crippen LogP contribution in [0.3, 0.4) is 0 Å². The van der Waals surface area contributed by atoms with Gasteiger partial charge in [0.2, 0.25) is 0 Å². The lowest BCUT2D eigenvalue weighted by atomic mass is 9.88. The Morgan fingerprint density at radius 2 is 1.82 bits per heavy atom. The first-order valence-electron chi connectivity index (χ1n) is 5.67. The molecule has 0 bridgehead atoms. The first-order valence-corrected chi connectivity index (χ1v) is 6.48. The summed E-state index contributed by atoms with van der Waals surface area (Å²) >= 11 is 1.58.